The Hall–Kier alpha value is -1.82. The van der Waals surface area contributed by atoms with Gasteiger partial charge in [-0.3, -0.25) is 0 Å². The van der Waals surface area contributed by atoms with E-state index in [9.17, 15) is 0 Å². The number of allylic oxidation sites excluding steroid dienone is 1. The lowest BCUT2D eigenvalue weighted by molar-refractivity contribution is 0.592. The van der Waals surface area contributed by atoms with Gasteiger partial charge in [0.1, 0.15) is 0 Å². The molecule has 0 saturated heterocycles. The molecular formula is C20H22. The van der Waals surface area contributed by atoms with E-state index in [4.69, 9.17) is 0 Å². The van der Waals surface area contributed by atoms with E-state index < -0.39 is 0 Å². The first-order valence-electron chi connectivity index (χ1n) is 7.36. The molecule has 3 rings (SSSR count). The molecule has 0 nitrogen and oxygen atoms in total. The summed E-state index contributed by atoms with van der Waals surface area (Å²) in [6, 6.07) is 15.5. The van der Waals surface area contributed by atoms with Crippen molar-refractivity contribution in [3.05, 3.63) is 64.7 Å². The van der Waals surface area contributed by atoms with E-state index in [1.165, 1.54) is 33.4 Å². The van der Waals surface area contributed by atoms with Crippen LogP contribution in [0.2, 0.25) is 0 Å². The molecule has 0 heteroatoms. The number of hydrogen-bond acceptors (Lipinski definition) is 0. The van der Waals surface area contributed by atoms with Crippen LogP contribution in [0.5, 0.6) is 0 Å². The maximum Gasteiger partial charge on any atom is -0.00544 e. The molecule has 0 aliphatic heterocycles. The summed E-state index contributed by atoms with van der Waals surface area (Å²) in [6.07, 6.45) is 3.41. The molecular weight excluding hydrogens is 240 g/mol. The summed E-state index contributed by atoms with van der Waals surface area (Å²) in [5.74, 6) is 0. The second-order valence-electron chi connectivity index (χ2n) is 6.84. The van der Waals surface area contributed by atoms with Gasteiger partial charge in [0.05, 0.1) is 0 Å². The van der Waals surface area contributed by atoms with Crippen molar-refractivity contribution >= 4 is 6.08 Å². The van der Waals surface area contributed by atoms with Crippen molar-refractivity contribution in [1.82, 2.24) is 0 Å². The predicted octanol–water partition coefficient (Wildman–Crippen LogP) is 5.61. The molecule has 0 spiro atoms. The summed E-state index contributed by atoms with van der Waals surface area (Å²) in [5.41, 5.74) is 8.73. The van der Waals surface area contributed by atoms with Gasteiger partial charge in [-0.15, -0.1) is 0 Å². The lowest BCUT2D eigenvalue weighted by Crippen LogP contribution is -2.12. The third-order valence-electron chi connectivity index (χ3n) is 4.10. The highest BCUT2D eigenvalue weighted by Gasteiger charge is 2.21. The molecule has 0 heterocycles. The Morgan fingerprint density at radius 3 is 2.30 bits per heavy atom. The van der Waals surface area contributed by atoms with Gasteiger partial charge in [0, 0.05) is 0 Å². The molecule has 2 aromatic rings. The standard InChI is InChI=1S/C20H22/c1-14-12-15-8-7-10-16(18(15)13-14)17-9-5-6-11-19(17)20(2,3)4/h5-12H,13H2,1-4H3. The molecule has 0 N–H and O–H groups in total. The summed E-state index contributed by atoms with van der Waals surface area (Å²) >= 11 is 0. The van der Waals surface area contributed by atoms with E-state index in [1.807, 2.05) is 0 Å². The quantitative estimate of drug-likeness (QED) is 0.626. The normalized spacial score (nSPS) is 14.1. The minimum Gasteiger partial charge on any atom is -0.0683 e. The Balaban J connectivity index is 2.21. The highest BCUT2D eigenvalue weighted by molar-refractivity contribution is 5.79. The predicted molar refractivity (Wildman–Crippen MR) is 87.9 cm³/mol. The Bertz CT molecular complexity index is 681. The van der Waals surface area contributed by atoms with Crippen molar-refractivity contribution in [1.29, 1.82) is 0 Å². The van der Waals surface area contributed by atoms with E-state index in [-0.39, 0.29) is 5.41 Å². The highest BCUT2D eigenvalue weighted by Crippen LogP contribution is 2.38. The smallest absolute Gasteiger partial charge is 0.00544 e. The molecule has 0 fully saturated rings. The first kappa shape index (κ1) is 13.2. The Morgan fingerprint density at radius 2 is 1.55 bits per heavy atom. The van der Waals surface area contributed by atoms with Crippen LogP contribution in [0.3, 0.4) is 0 Å². The Labute approximate surface area is 122 Å². The average molecular weight is 262 g/mol. The molecule has 0 bridgehead atoms. The molecule has 1 aliphatic carbocycles. The fourth-order valence-electron chi connectivity index (χ4n) is 3.16. The van der Waals surface area contributed by atoms with Crippen LogP contribution in [0, 0.1) is 0 Å². The molecule has 0 atom stereocenters. The molecule has 102 valence electrons. The van der Waals surface area contributed by atoms with E-state index in [0.717, 1.165) is 6.42 Å². The molecule has 1 aliphatic rings. The number of fused-ring (bicyclic) bond motifs is 1. The second kappa shape index (κ2) is 4.63. The van der Waals surface area contributed by atoms with Crippen LogP contribution in [0.1, 0.15) is 44.4 Å². The first-order chi connectivity index (χ1) is 9.47. The third-order valence-corrected chi connectivity index (χ3v) is 4.10. The van der Waals surface area contributed by atoms with Crippen LogP contribution in [0.15, 0.2) is 48.0 Å². The number of rotatable bonds is 1. The fraction of sp³-hybridized carbons (Fsp3) is 0.300. The van der Waals surface area contributed by atoms with Crippen LogP contribution in [0.4, 0.5) is 0 Å². The van der Waals surface area contributed by atoms with Gasteiger partial charge in [0.2, 0.25) is 0 Å². The van der Waals surface area contributed by atoms with E-state index in [0.29, 0.717) is 0 Å². The van der Waals surface area contributed by atoms with Crippen molar-refractivity contribution < 1.29 is 0 Å². The zero-order chi connectivity index (χ0) is 14.3. The fourth-order valence-corrected chi connectivity index (χ4v) is 3.16. The van der Waals surface area contributed by atoms with Crippen LogP contribution >= 0.6 is 0 Å². The van der Waals surface area contributed by atoms with Gasteiger partial charge >= 0.3 is 0 Å². The second-order valence-corrected chi connectivity index (χ2v) is 6.84. The maximum absolute atomic E-state index is 2.32. The van der Waals surface area contributed by atoms with Crippen molar-refractivity contribution in [3.63, 3.8) is 0 Å². The highest BCUT2D eigenvalue weighted by atomic mass is 14.3. The zero-order valence-electron chi connectivity index (χ0n) is 12.8. The van der Waals surface area contributed by atoms with Crippen LogP contribution in [0.25, 0.3) is 17.2 Å². The molecule has 0 amide bonds. The molecule has 2 aromatic carbocycles. The van der Waals surface area contributed by atoms with Gasteiger partial charge in [-0.25, -0.2) is 0 Å². The Morgan fingerprint density at radius 1 is 0.850 bits per heavy atom. The molecule has 0 radical (unpaired) electrons. The Kier molecular flexibility index (Phi) is 3.05. The minimum absolute atomic E-state index is 0.167. The van der Waals surface area contributed by atoms with Gasteiger partial charge in [-0.1, -0.05) is 74.9 Å². The molecule has 0 aromatic heterocycles. The van der Waals surface area contributed by atoms with Crippen molar-refractivity contribution in [2.45, 2.75) is 39.5 Å². The summed E-state index contributed by atoms with van der Waals surface area (Å²) in [5, 5.41) is 0. The third kappa shape index (κ3) is 2.20. The van der Waals surface area contributed by atoms with Crippen LogP contribution in [-0.2, 0) is 11.8 Å². The summed E-state index contributed by atoms with van der Waals surface area (Å²) in [4.78, 5) is 0. The van der Waals surface area contributed by atoms with Gasteiger partial charge in [0.15, 0.2) is 0 Å². The molecule has 0 saturated carbocycles. The van der Waals surface area contributed by atoms with Gasteiger partial charge < -0.3 is 0 Å². The van der Waals surface area contributed by atoms with E-state index in [2.05, 4.69) is 76.2 Å². The van der Waals surface area contributed by atoms with Gasteiger partial charge in [0.25, 0.3) is 0 Å². The topological polar surface area (TPSA) is 0 Å². The SMILES string of the molecule is CC1=Cc2cccc(-c3ccccc3C(C)(C)C)c2C1. The van der Waals surface area contributed by atoms with Gasteiger partial charge in [-0.2, -0.15) is 0 Å². The minimum atomic E-state index is 0.167. The van der Waals surface area contributed by atoms with Crippen LogP contribution in [-0.4, -0.2) is 0 Å². The maximum atomic E-state index is 2.32. The molecule has 0 unspecified atom stereocenters. The van der Waals surface area contributed by atoms with Crippen molar-refractivity contribution in [2.24, 2.45) is 0 Å². The summed E-state index contributed by atoms with van der Waals surface area (Å²) < 4.78 is 0. The summed E-state index contributed by atoms with van der Waals surface area (Å²) in [6.45, 7) is 9.09. The number of hydrogen-bond donors (Lipinski definition) is 0. The lowest BCUT2D eigenvalue weighted by atomic mass is 9.80. The average Bonchev–Trinajstić information content (AvgIpc) is 2.77. The van der Waals surface area contributed by atoms with Crippen LogP contribution < -0.4 is 0 Å². The molecule has 20 heavy (non-hydrogen) atoms. The van der Waals surface area contributed by atoms with Crippen molar-refractivity contribution in [2.75, 3.05) is 0 Å². The first-order valence-corrected chi connectivity index (χ1v) is 7.36. The summed E-state index contributed by atoms with van der Waals surface area (Å²) in [7, 11) is 0. The van der Waals surface area contributed by atoms with E-state index in [1.54, 1.807) is 0 Å². The number of benzene rings is 2. The van der Waals surface area contributed by atoms with Crippen molar-refractivity contribution in [3.8, 4) is 11.1 Å². The monoisotopic (exact) mass is 262 g/mol. The zero-order valence-corrected chi connectivity index (χ0v) is 12.8. The largest absolute Gasteiger partial charge is 0.0683 e. The van der Waals surface area contributed by atoms with E-state index >= 15 is 0 Å². The van der Waals surface area contributed by atoms with Gasteiger partial charge in [-0.05, 0) is 46.6 Å². The lowest BCUT2D eigenvalue weighted by Gasteiger charge is -2.24.